The van der Waals surface area contributed by atoms with Gasteiger partial charge in [-0.15, -0.1) is 0 Å². The summed E-state index contributed by atoms with van der Waals surface area (Å²) in [6, 6.07) is 12.5. The first kappa shape index (κ1) is 24.7. The number of halogens is 1. The van der Waals surface area contributed by atoms with Crippen LogP contribution in [0.5, 0.6) is 0 Å². The number of ether oxygens (including phenoxy) is 1. The molecule has 33 heavy (non-hydrogen) atoms. The van der Waals surface area contributed by atoms with Crippen LogP contribution in [0.3, 0.4) is 0 Å². The van der Waals surface area contributed by atoms with Gasteiger partial charge in [0.1, 0.15) is 0 Å². The van der Waals surface area contributed by atoms with Crippen molar-refractivity contribution in [3.8, 4) is 0 Å². The van der Waals surface area contributed by atoms with E-state index in [1.807, 2.05) is 0 Å². The number of anilines is 1. The SMILES string of the molecule is C[C@H](OC(=O)C1CCN(C(=O)c2ccc(Cl)cc2)CC1)C(=O)c1ccc(NS(C)(=O)=O)cc1. The molecule has 10 heteroatoms. The molecule has 1 amide bonds. The normalized spacial score (nSPS) is 15.5. The molecule has 1 heterocycles. The van der Waals surface area contributed by atoms with Gasteiger partial charge in [-0.05, 0) is 68.3 Å². The summed E-state index contributed by atoms with van der Waals surface area (Å²) in [7, 11) is -3.42. The van der Waals surface area contributed by atoms with Gasteiger partial charge in [0.05, 0.1) is 12.2 Å². The average molecular weight is 493 g/mol. The number of nitrogens with zero attached hydrogens (tertiary/aromatic N) is 1. The Hall–Kier alpha value is -2.91. The first-order valence-electron chi connectivity index (χ1n) is 10.4. The molecule has 1 atom stereocenters. The summed E-state index contributed by atoms with van der Waals surface area (Å²) in [6.45, 7) is 2.33. The summed E-state index contributed by atoms with van der Waals surface area (Å²) in [5.41, 5.74) is 1.17. The molecule has 3 rings (SSSR count). The Balaban J connectivity index is 1.51. The number of carbonyl (C=O) groups excluding carboxylic acids is 3. The maximum Gasteiger partial charge on any atom is 0.309 e. The predicted octanol–water partition coefficient (Wildman–Crippen LogP) is 3.38. The molecular formula is C23H25ClN2O6S. The molecule has 2 aromatic rings. The molecule has 0 radical (unpaired) electrons. The Morgan fingerprint density at radius 2 is 1.55 bits per heavy atom. The van der Waals surface area contributed by atoms with E-state index in [2.05, 4.69) is 4.72 Å². The number of rotatable bonds is 7. The zero-order valence-corrected chi connectivity index (χ0v) is 19.9. The summed E-state index contributed by atoms with van der Waals surface area (Å²) < 4.78 is 30.3. The third-order valence-electron chi connectivity index (χ3n) is 5.34. The molecule has 0 bridgehead atoms. The molecule has 0 unspecified atom stereocenters. The number of hydrogen-bond donors (Lipinski definition) is 1. The molecule has 176 valence electrons. The Bertz CT molecular complexity index is 1120. The van der Waals surface area contributed by atoms with Crippen LogP contribution in [0.25, 0.3) is 0 Å². The maximum atomic E-state index is 12.6. The van der Waals surface area contributed by atoms with Crippen LogP contribution < -0.4 is 4.72 Å². The fourth-order valence-corrected chi connectivity index (χ4v) is 4.26. The summed E-state index contributed by atoms with van der Waals surface area (Å²) in [4.78, 5) is 39.5. The van der Waals surface area contributed by atoms with E-state index in [0.717, 1.165) is 6.26 Å². The van der Waals surface area contributed by atoms with Crippen LogP contribution >= 0.6 is 11.6 Å². The zero-order chi connectivity index (χ0) is 24.2. The Morgan fingerprint density at radius 3 is 2.09 bits per heavy atom. The first-order valence-corrected chi connectivity index (χ1v) is 12.7. The van der Waals surface area contributed by atoms with Crippen LogP contribution in [-0.4, -0.2) is 56.4 Å². The molecule has 1 saturated heterocycles. The Labute approximate surface area is 197 Å². The quantitative estimate of drug-likeness (QED) is 0.468. The summed E-state index contributed by atoms with van der Waals surface area (Å²) in [5, 5.41) is 0.554. The van der Waals surface area contributed by atoms with E-state index in [-0.39, 0.29) is 11.7 Å². The predicted molar refractivity (Wildman–Crippen MR) is 125 cm³/mol. The van der Waals surface area contributed by atoms with Crippen molar-refractivity contribution in [3.63, 3.8) is 0 Å². The van der Waals surface area contributed by atoms with Crippen molar-refractivity contribution in [2.24, 2.45) is 5.92 Å². The molecule has 1 fully saturated rings. The molecule has 0 saturated carbocycles. The van der Waals surface area contributed by atoms with Crippen LogP contribution in [0.15, 0.2) is 48.5 Å². The number of Topliss-reactive ketones (excluding diaryl/α,β-unsaturated/α-hetero) is 1. The number of amides is 1. The smallest absolute Gasteiger partial charge is 0.309 e. The topological polar surface area (TPSA) is 110 Å². The van der Waals surface area contributed by atoms with E-state index in [1.54, 1.807) is 29.2 Å². The van der Waals surface area contributed by atoms with Crippen LogP contribution in [0, 0.1) is 5.92 Å². The number of sulfonamides is 1. The second-order valence-corrected chi connectivity index (χ2v) is 10.2. The average Bonchev–Trinajstić information content (AvgIpc) is 2.78. The number of hydrogen-bond acceptors (Lipinski definition) is 6. The van der Waals surface area contributed by atoms with Crippen LogP contribution in [-0.2, 0) is 19.6 Å². The van der Waals surface area contributed by atoms with Crippen LogP contribution in [0.1, 0.15) is 40.5 Å². The molecule has 0 aromatic heterocycles. The van der Waals surface area contributed by atoms with Crippen molar-refractivity contribution in [1.82, 2.24) is 4.90 Å². The third-order valence-corrected chi connectivity index (χ3v) is 6.20. The van der Waals surface area contributed by atoms with Crippen molar-refractivity contribution < 1.29 is 27.5 Å². The van der Waals surface area contributed by atoms with Crippen LogP contribution in [0.4, 0.5) is 5.69 Å². The molecule has 1 aliphatic heterocycles. The zero-order valence-electron chi connectivity index (χ0n) is 18.3. The van der Waals surface area contributed by atoms with Gasteiger partial charge >= 0.3 is 5.97 Å². The molecule has 2 aromatic carbocycles. The molecule has 1 N–H and O–H groups in total. The van der Waals surface area contributed by atoms with Gasteiger partial charge in [-0.25, -0.2) is 8.42 Å². The minimum atomic E-state index is -3.42. The molecular weight excluding hydrogens is 468 g/mol. The lowest BCUT2D eigenvalue weighted by Crippen LogP contribution is -2.41. The minimum absolute atomic E-state index is 0.115. The Kier molecular flexibility index (Phi) is 7.76. The fourth-order valence-electron chi connectivity index (χ4n) is 3.57. The number of nitrogens with one attached hydrogen (secondary N) is 1. The number of carbonyl (C=O) groups is 3. The Morgan fingerprint density at radius 1 is 1.00 bits per heavy atom. The first-order chi connectivity index (χ1) is 15.5. The minimum Gasteiger partial charge on any atom is -0.454 e. The fraction of sp³-hybridized carbons (Fsp3) is 0.348. The van der Waals surface area contributed by atoms with Crippen LogP contribution in [0.2, 0.25) is 5.02 Å². The summed E-state index contributed by atoms with van der Waals surface area (Å²) in [6.07, 6.45) is 0.946. The number of esters is 1. The standard InChI is InChI=1S/C23H25ClN2O6S/c1-15(21(27)16-5-9-20(10-6-16)25-33(2,30)31)32-23(29)18-11-13-26(14-12-18)22(28)17-3-7-19(24)8-4-17/h3-10,15,18,25H,11-14H2,1-2H3/t15-/m0/s1. The molecule has 1 aliphatic rings. The van der Waals surface area contributed by atoms with E-state index in [9.17, 15) is 22.8 Å². The maximum absolute atomic E-state index is 12.6. The van der Waals surface area contributed by atoms with E-state index >= 15 is 0 Å². The van der Waals surface area contributed by atoms with Crippen molar-refractivity contribution in [2.45, 2.75) is 25.9 Å². The molecule has 8 nitrogen and oxygen atoms in total. The summed E-state index contributed by atoms with van der Waals surface area (Å²) in [5.74, 6) is -1.36. The van der Waals surface area contributed by atoms with Gasteiger partial charge in [-0.3, -0.25) is 19.1 Å². The van der Waals surface area contributed by atoms with Crippen molar-refractivity contribution in [2.75, 3.05) is 24.1 Å². The van der Waals surface area contributed by atoms with Crippen molar-refractivity contribution >= 4 is 45.0 Å². The molecule has 0 aliphatic carbocycles. The highest BCUT2D eigenvalue weighted by Gasteiger charge is 2.31. The number of likely N-dealkylation sites (tertiary alicyclic amines) is 1. The van der Waals surface area contributed by atoms with Gasteiger partial charge in [0.2, 0.25) is 15.8 Å². The highest BCUT2D eigenvalue weighted by molar-refractivity contribution is 7.92. The van der Waals surface area contributed by atoms with Gasteiger partial charge in [0.15, 0.2) is 6.10 Å². The van der Waals surface area contributed by atoms with E-state index in [1.165, 1.54) is 31.2 Å². The number of benzene rings is 2. The van der Waals surface area contributed by atoms with Crippen molar-refractivity contribution in [1.29, 1.82) is 0 Å². The molecule has 0 spiro atoms. The second kappa shape index (κ2) is 10.4. The monoisotopic (exact) mass is 492 g/mol. The van der Waals surface area contributed by atoms with Gasteiger partial charge < -0.3 is 9.64 Å². The van der Waals surface area contributed by atoms with E-state index < -0.39 is 28.0 Å². The van der Waals surface area contributed by atoms with Gasteiger partial charge in [0.25, 0.3) is 5.91 Å². The second-order valence-electron chi connectivity index (χ2n) is 7.97. The lowest BCUT2D eigenvalue weighted by Gasteiger charge is -2.31. The summed E-state index contributed by atoms with van der Waals surface area (Å²) >= 11 is 5.86. The van der Waals surface area contributed by atoms with Gasteiger partial charge in [-0.2, -0.15) is 0 Å². The highest BCUT2D eigenvalue weighted by atomic mass is 35.5. The number of ketones is 1. The third kappa shape index (κ3) is 6.79. The van der Waals surface area contributed by atoms with E-state index in [0.29, 0.717) is 47.8 Å². The van der Waals surface area contributed by atoms with Crippen molar-refractivity contribution in [3.05, 3.63) is 64.7 Å². The lowest BCUT2D eigenvalue weighted by molar-refractivity contribution is -0.152. The number of piperidine rings is 1. The van der Waals surface area contributed by atoms with E-state index in [4.69, 9.17) is 16.3 Å². The highest BCUT2D eigenvalue weighted by Crippen LogP contribution is 2.22. The van der Waals surface area contributed by atoms with Gasteiger partial charge in [0, 0.05) is 34.9 Å². The largest absolute Gasteiger partial charge is 0.454 e. The lowest BCUT2D eigenvalue weighted by atomic mass is 9.96. The van der Waals surface area contributed by atoms with Gasteiger partial charge in [-0.1, -0.05) is 11.6 Å².